The first-order valence-corrected chi connectivity index (χ1v) is 10.2. The second kappa shape index (κ2) is 7.77. The van der Waals surface area contributed by atoms with Crippen LogP contribution >= 0.6 is 23.6 Å². The average Bonchev–Trinajstić information content (AvgIpc) is 3.09. The van der Waals surface area contributed by atoms with Crippen LogP contribution in [0.1, 0.15) is 21.5 Å². The molecule has 4 rings (SSSR count). The molecule has 29 heavy (non-hydrogen) atoms. The molecule has 2 N–H and O–H groups in total. The van der Waals surface area contributed by atoms with Crippen molar-refractivity contribution >= 4 is 60.7 Å². The van der Waals surface area contributed by atoms with Gasteiger partial charge < -0.3 is 10.1 Å². The first kappa shape index (κ1) is 19.3. The molecule has 0 atom stereocenters. The van der Waals surface area contributed by atoms with E-state index >= 15 is 0 Å². The first-order valence-electron chi connectivity index (χ1n) is 9.01. The molecule has 0 saturated carbocycles. The number of aryl methyl sites for hydroxylation is 2. The molecule has 0 aliphatic heterocycles. The Morgan fingerprint density at radius 3 is 2.55 bits per heavy atom. The van der Waals surface area contributed by atoms with Gasteiger partial charge in [-0.1, -0.05) is 41.7 Å². The van der Waals surface area contributed by atoms with E-state index in [0.717, 1.165) is 26.6 Å². The number of carbonyl (C=O) groups is 1. The van der Waals surface area contributed by atoms with Crippen LogP contribution in [0.2, 0.25) is 0 Å². The van der Waals surface area contributed by atoms with Crippen LogP contribution in [0.25, 0.3) is 21.0 Å². The summed E-state index contributed by atoms with van der Waals surface area (Å²) in [7, 11) is 1.54. The topological polar surface area (TPSA) is 63.2 Å². The van der Waals surface area contributed by atoms with E-state index in [4.69, 9.17) is 17.0 Å². The highest BCUT2D eigenvalue weighted by molar-refractivity contribution is 7.80. The number of amides is 1. The molecule has 0 aliphatic carbocycles. The van der Waals surface area contributed by atoms with Crippen LogP contribution in [0, 0.1) is 13.8 Å². The number of nitrogens with zero attached hydrogens (tertiary/aromatic N) is 1. The van der Waals surface area contributed by atoms with Gasteiger partial charge in [0.1, 0.15) is 5.75 Å². The summed E-state index contributed by atoms with van der Waals surface area (Å²) in [5.74, 6) is 0.160. The van der Waals surface area contributed by atoms with Crippen LogP contribution in [0.15, 0.2) is 48.5 Å². The monoisotopic (exact) mass is 421 g/mol. The van der Waals surface area contributed by atoms with Gasteiger partial charge in [0.05, 0.1) is 22.9 Å². The van der Waals surface area contributed by atoms with Gasteiger partial charge in [0.15, 0.2) is 10.2 Å². The maximum atomic E-state index is 12.8. The zero-order valence-corrected chi connectivity index (χ0v) is 17.8. The highest BCUT2D eigenvalue weighted by Gasteiger charge is 2.16. The number of rotatable bonds is 3. The van der Waals surface area contributed by atoms with E-state index < -0.39 is 0 Å². The smallest absolute Gasteiger partial charge is 0.261 e. The number of thiazole rings is 1. The molecule has 146 valence electrons. The number of hydrogen-bond donors (Lipinski definition) is 2. The number of benzene rings is 3. The van der Waals surface area contributed by atoms with E-state index in [2.05, 4.69) is 34.7 Å². The number of hydrogen-bond acceptors (Lipinski definition) is 5. The summed E-state index contributed by atoms with van der Waals surface area (Å²) in [6.45, 7) is 4.09. The lowest BCUT2D eigenvalue weighted by molar-refractivity contribution is 0.0975. The third-order valence-electron chi connectivity index (χ3n) is 4.59. The molecule has 0 bridgehead atoms. The number of carbonyl (C=O) groups excluding carboxylic acids is 1. The van der Waals surface area contributed by atoms with Gasteiger partial charge >= 0.3 is 0 Å². The number of methoxy groups -OCH3 is 1. The summed E-state index contributed by atoms with van der Waals surface area (Å²) < 4.78 is 6.48. The Labute approximate surface area is 177 Å². The first-order chi connectivity index (χ1) is 13.9. The molecule has 0 saturated heterocycles. The molecule has 0 fully saturated rings. The van der Waals surface area contributed by atoms with E-state index in [-0.39, 0.29) is 11.0 Å². The van der Waals surface area contributed by atoms with E-state index in [1.54, 1.807) is 13.2 Å². The van der Waals surface area contributed by atoms with Crippen molar-refractivity contribution in [1.29, 1.82) is 0 Å². The number of thiocarbonyl (C=S) groups is 1. The van der Waals surface area contributed by atoms with Crippen LogP contribution in [0.5, 0.6) is 5.75 Å². The van der Waals surface area contributed by atoms with Crippen molar-refractivity contribution in [3.05, 3.63) is 65.2 Å². The molecule has 1 heterocycles. The molecule has 0 radical (unpaired) electrons. The summed E-state index contributed by atoms with van der Waals surface area (Å²) in [4.78, 5) is 17.4. The molecule has 1 aromatic heterocycles. The maximum absolute atomic E-state index is 12.8. The maximum Gasteiger partial charge on any atom is 0.261 e. The standard InChI is InChI=1S/C22H19N3O2S2/c1-12-8-13(2)19-18(9-12)29-22(23-19)25-21(28)24-20(26)16-10-14-6-4-5-7-15(14)11-17(16)27-3/h4-11H,1-3H3,(H2,23,24,25,26,28). The third-order valence-corrected chi connectivity index (χ3v) is 5.71. The minimum Gasteiger partial charge on any atom is -0.496 e. The molecule has 3 aromatic carbocycles. The minimum atomic E-state index is -0.335. The van der Waals surface area contributed by atoms with Crippen molar-refractivity contribution in [2.45, 2.75) is 13.8 Å². The van der Waals surface area contributed by atoms with Gasteiger partial charge in [0.25, 0.3) is 5.91 Å². The largest absolute Gasteiger partial charge is 0.496 e. The number of anilines is 1. The summed E-state index contributed by atoms with van der Waals surface area (Å²) in [5.41, 5.74) is 3.66. The van der Waals surface area contributed by atoms with Crippen molar-refractivity contribution in [1.82, 2.24) is 10.3 Å². The number of ether oxygens (including phenoxy) is 1. The Bertz CT molecular complexity index is 1260. The van der Waals surface area contributed by atoms with Gasteiger partial charge in [-0.3, -0.25) is 10.1 Å². The minimum absolute atomic E-state index is 0.193. The molecule has 7 heteroatoms. The Balaban J connectivity index is 1.55. The van der Waals surface area contributed by atoms with Crippen molar-refractivity contribution in [2.24, 2.45) is 0 Å². The normalized spacial score (nSPS) is 10.9. The lowest BCUT2D eigenvalue weighted by atomic mass is 10.1. The Morgan fingerprint density at radius 1 is 1.10 bits per heavy atom. The zero-order valence-electron chi connectivity index (χ0n) is 16.2. The molecule has 0 spiro atoms. The van der Waals surface area contributed by atoms with Gasteiger partial charge in [-0.25, -0.2) is 4.98 Å². The highest BCUT2D eigenvalue weighted by Crippen LogP contribution is 2.29. The van der Waals surface area contributed by atoms with Gasteiger partial charge in [0, 0.05) is 0 Å². The molecular weight excluding hydrogens is 402 g/mol. The third kappa shape index (κ3) is 3.92. The Hall–Kier alpha value is -3.03. The molecule has 0 aliphatic rings. The van der Waals surface area contributed by atoms with Crippen molar-refractivity contribution in [3.63, 3.8) is 0 Å². The van der Waals surface area contributed by atoms with Gasteiger partial charge in [0.2, 0.25) is 0 Å². The van der Waals surface area contributed by atoms with Crippen molar-refractivity contribution < 1.29 is 9.53 Å². The fourth-order valence-electron chi connectivity index (χ4n) is 3.29. The van der Waals surface area contributed by atoms with Crippen molar-refractivity contribution in [2.75, 3.05) is 12.4 Å². The summed E-state index contributed by atoms with van der Waals surface area (Å²) >= 11 is 6.83. The lowest BCUT2D eigenvalue weighted by Crippen LogP contribution is -2.34. The van der Waals surface area contributed by atoms with E-state index in [1.807, 2.05) is 37.3 Å². The van der Waals surface area contributed by atoms with Crippen LogP contribution in [0.4, 0.5) is 5.13 Å². The average molecular weight is 422 g/mol. The lowest BCUT2D eigenvalue weighted by Gasteiger charge is -2.11. The Morgan fingerprint density at radius 2 is 1.83 bits per heavy atom. The van der Waals surface area contributed by atoms with Crippen LogP contribution in [-0.4, -0.2) is 23.1 Å². The van der Waals surface area contributed by atoms with Gasteiger partial charge in [-0.05, 0) is 66.2 Å². The van der Waals surface area contributed by atoms with Gasteiger partial charge in [-0.15, -0.1) is 0 Å². The SMILES string of the molecule is COc1cc2ccccc2cc1C(=O)NC(=S)Nc1nc2c(C)cc(C)cc2s1. The Kier molecular flexibility index (Phi) is 5.17. The number of fused-ring (bicyclic) bond motifs is 2. The van der Waals surface area contributed by atoms with E-state index in [1.165, 1.54) is 16.9 Å². The number of aromatic nitrogens is 1. The second-order valence-electron chi connectivity index (χ2n) is 6.76. The van der Waals surface area contributed by atoms with E-state index in [0.29, 0.717) is 16.4 Å². The zero-order chi connectivity index (χ0) is 20.5. The highest BCUT2D eigenvalue weighted by atomic mass is 32.1. The predicted octanol–water partition coefficient (Wildman–Crippen LogP) is 5.20. The van der Waals surface area contributed by atoms with E-state index in [9.17, 15) is 4.79 Å². The quantitative estimate of drug-likeness (QED) is 0.445. The fourth-order valence-corrected chi connectivity index (χ4v) is 4.59. The van der Waals surface area contributed by atoms with Gasteiger partial charge in [-0.2, -0.15) is 0 Å². The fraction of sp³-hybridized carbons (Fsp3) is 0.136. The number of nitrogens with one attached hydrogen (secondary N) is 2. The second-order valence-corrected chi connectivity index (χ2v) is 8.19. The summed E-state index contributed by atoms with van der Waals surface area (Å²) in [5, 5.41) is 8.53. The van der Waals surface area contributed by atoms with Crippen LogP contribution in [-0.2, 0) is 0 Å². The molecular formula is C22H19N3O2S2. The summed E-state index contributed by atoms with van der Waals surface area (Å²) in [6, 6.07) is 15.6. The molecule has 0 unspecified atom stereocenters. The summed E-state index contributed by atoms with van der Waals surface area (Å²) in [6.07, 6.45) is 0. The van der Waals surface area contributed by atoms with Crippen LogP contribution in [0.3, 0.4) is 0 Å². The van der Waals surface area contributed by atoms with Crippen molar-refractivity contribution in [3.8, 4) is 5.75 Å². The molecule has 5 nitrogen and oxygen atoms in total. The molecule has 1 amide bonds. The van der Waals surface area contributed by atoms with Crippen LogP contribution < -0.4 is 15.4 Å². The predicted molar refractivity (Wildman–Crippen MR) is 123 cm³/mol. The molecule has 4 aromatic rings.